The second-order valence-corrected chi connectivity index (χ2v) is 16.2. The van der Waals surface area contributed by atoms with Gasteiger partial charge in [-0.3, -0.25) is 4.70 Å². The van der Waals surface area contributed by atoms with Gasteiger partial charge in [0.25, 0.3) is 5.01 Å². The number of para-hydroxylation sites is 3. The number of fused-ring (bicyclic) bond motifs is 2. The molecule has 4 aromatic rings. The second kappa shape index (κ2) is 23.6. The van der Waals surface area contributed by atoms with E-state index in [0.717, 1.165) is 68.7 Å². The van der Waals surface area contributed by atoms with Crippen molar-refractivity contribution in [3.8, 4) is 5.75 Å². The zero-order chi connectivity index (χ0) is 41.0. The molecule has 0 saturated carbocycles. The monoisotopic (exact) mass is 925 g/mol. The molecule has 0 fully saturated rings. The Hall–Kier alpha value is -4.14. The van der Waals surface area contributed by atoms with E-state index in [9.17, 15) is 43.2 Å². The number of hydrogen-bond donors (Lipinski definition) is 0. The van der Waals surface area contributed by atoms with Gasteiger partial charge in [-0.25, -0.2) is 0 Å². The molecule has 0 radical (unpaired) electrons. The molecular weight excluding hydrogens is 886 g/mol. The van der Waals surface area contributed by atoms with Crippen LogP contribution in [0.25, 0.3) is 21.3 Å². The number of rotatable bonds is 12. The van der Waals surface area contributed by atoms with Gasteiger partial charge in [0, 0.05) is 43.2 Å². The summed E-state index contributed by atoms with van der Waals surface area (Å²) < 4.78 is 104. The molecule has 59 heavy (non-hydrogen) atoms. The first-order valence-corrected chi connectivity index (χ1v) is 21.8. The second-order valence-electron chi connectivity index (χ2n) is 12.1. The van der Waals surface area contributed by atoms with Crippen LogP contribution in [0.1, 0.15) is 44.0 Å². The SMILES string of the molecule is CCCCN1/C(=C/C=C2CCC(/C=C/c3sc4ccccc4[n+]3CCCOC)=C2Oc2ccccc2[N+]#N)Sc2ccccc21.F.FP(F)(F)(F)F.F[P+](F)(F)F.[F-].[F-]. The molecule has 1 aliphatic heterocycles. The molecule has 0 atom stereocenters. The molecule has 0 amide bonds. The molecule has 0 N–H and O–H groups in total. The molecule has 324 valence electrons. The number of unbranched alkanes of at least 4 members (excludes halogenated alkanes) is 1. The average molecular weight is 926 g/mol. The van der Waals surface area contributed by atoms with Crippen molar-refractivity contribution in [2.45, 2.75) is 50.5 Å². The van der Waals surface area contributed by atoms with E-state index >= 15 is 0 Å². The molecule has 1 aromatic heterocycles. The topological polar surface area (TPSA) is 53.7 Å². The van der Waals surface area contributed by atoms with E-state index in [4.69, 9.17) is 9.47 Å². The van der Waals surface area contributed by atoms with E-state index in [-0.39, 0.29) is 14.1 Å². The van der Waals surface area contributed by atoms with Crippen LogP contribution in [0.15, 0.2) is 118 Å². The Morgan fingerprint density at radius 2 is 1.51 bits per heavy atom. The third-order valence-electron chi connectivity index (χ3n) is 8.02. The summed E-state index contributed by atoms with van der Waals surface area (Å²) in [6.45, 7) is 4.84. The Morgan fingerprint density at radius 1 is 0.881 bits per heavy atom. The fourth-order valence-corrected chi connectivity index (χ4v) is 7.91. The Bertz CT molecular complexity index is 2130. The number of halogens is 12. The van der Waals surface area contributed by atoms with Crippen molar-refractivity contribution in [3.05, 3.63) is 123 Å². The summed E-state index contributed by atoms with van der Waals surface area (Å²) in [7, 11) is -13.2. The van der Waals surface area contributed by atoms with E-state index in [1.807, 2.05) is 30.0 Å². The van der Waals surface area contributed by atoms with Crippen LogP contribution in [0.2, 0.25) is 0 Å². The third-order valence-corrected chi connectivity index (χ3v) is 10.3. The first kappa shape index (κ1) is 52.9. The summed E-state index contributed by atoms with van der Waals surface area (Å²) in [4.78, 5) is 7.21. The summed E-state index contributed by atoms with van der Waals surface area (Å²) >= 11 is 3.62. The van der Waals surface area contributed by atoms with Crippen molar-refractivity contribution in [2.24, 2.45) is 0 Å². The average Bonchev–Trinajstić information content (AvgIpc) is 3.80. The zero-order valence-corrected chi connectivity index (χ0v) is 34.7. The first-order chi connectivity index (χ1) is 26.4. The van der Waals surface area contributed by atoms with Crippen molar-refractivity contribution in [2.75, 3.05) is 25.2 Å². The van der Waals surface area contributed by atoms with Gasteiger partial charge in [-0.05, 0) is 66.8 Å². The quantitative estimate of drug-likeness (QED) is 0.0466. The maximum absolute atomic E-state index is 9.84. The minimum Gasteiger partial charge on any atom is -1.00 e. The van der Waals surface area contributed by atoms with E-state index in [2.05, 4.69) is 94.2 Å². The summed E-state index contributed by atoms with van der Waals surface area (Å²) in [6, 6.07) is 24.5. The molecule has 1 aliphatic carbocycles. The number of aryl methyl sites for hydroxylation is 1. The molecule has 2 aliphatic rings. The zero-order valence-electron chi connectivity index (χ0n) is 31.3. The molecule has 0 bridgehead atoms. The first-order valence-electron chi connectivity index (χ1n) is 17.1. The van der Waals surface area contributed by atoms with Gasteiger partial charge in [-0.1, -0.05) is 78.9 Å². The predicted octanol–water partition coefficient (Wildman–Crippen LogP) is 9.69. The number of hydrogen-bond acceptors (Lipinski definition) is 6. The van der Waals surface area contributed by atoms with Crippen molar-refractivity contribution in [1.82, 2.24) is 0 Å². The molecule has 3 aromatic carbocycles. The molecular formula is C37H39F12N4O2P2S2+. The van der Waals surface area contributed by atoms with Gasteiger partial charge in [0.15, 0.2) is 11.5 Å². The standard InChI is InChI=1S/C37H38N4O2S2.F5P.F4P.3FH/c1-3-4-24-40-30-13-6-9-16-33(30)44-35(40)22-20-27-18-19-28(37(27)43-32-15-8-5-12-29(32)39-38)21-23-36-41(25-11-26-42-2)31-14-7-10-17-34(31)45-36;1-6(2,3,4)5;1-5(2,3)4;;;/h5-10,12-17,20-23H,3-4,11,18-19,24-26H2,1-2H3;;;3*1H/q+2;;+1;;;/p-2. The number of thioether (sulfide) groups is 1. The van der Waals surface area contributed by atoms with Crippen LogP contribution < -0.4 is 23.6 Å². The van der Waals surface area contributed by atoms with E-state index in [0.29, 0.717) is 11.4 Å². The fourth-order valence-electron chi connectivity index (χ4n) is 5.73. The van der Waals surface area contributed by atoms with Crippen molar-refractivity contribution >= 4 is 67.4 Å². The predicted molar refractivity (Wildman–Crippen MR) is 213 cm³/mol. The summed E-state index contributed by atoms with van der Waals surface area (Å²) in [5, 5.41) is 12.1. The van der Waals surface area contributed by atoms with Crippen LogP contribution in [-0.4, -0.2) is 20.3 Å². The number of thiazole rings is 1. The Labute approximate surface area is 342 Å². The summed E-state index contributed by atoms with van der Waals surface area (Å²) in [5.41, 5.74) is 5.18. The van der Waals surface area contributed by atoms with Gasteiger partial charge in [0.05, 0.1) is 34.1 Å². The van der Waals surface area contributed by atoms with Crippen LogP contribution in [-0.2, 0) is 11.3 Å². The van der Waals surface area contributed by atoms with Crippen LogP contribution in [0.5, 0.6) is 5.75 Å². The van der Waals surface area contributed by atoms with Gasteiger partial charge in [0.2, 0.25) is 16.7 Å². The van der Waals surface area contributed by atoms with Gasteiger partial charge < -0.3 is 23.8 Å². The van der Waals surface area contributed by atoms with E-state index in [1.165, 1.54) is 30.8 Å². The number of benzene rings is 3. The van der Waals surface area contributed by atoms with Gasteiger partial charge >= 0.3 is 43.3 Å². The summed E-state index contributed by atoms with van der Waals surface area (Å²) in [6.07, 6.45) is 13.8. The molecule has 22 heteroatoms. The van der Waals surface area contributed by atoms with Crippen LogP contribution in [0, 0.1) is 5.39 Å². The number of allylic oxidation sites excluding steroid dienone is 5. The molecule has 0 unspecified atom stereocenters. The number of diazo groups is 1. The van der Waals surface area contributed by atoms with Gasteiger partial charge in [0.1, 0.15) is 10.5 Å². The maximum atomic E-state index is 9.84. The molecule has 6 nitrogen and oxygen atoms in total. The number of anilines is 1. The normalized spacial score (nSPS) is 15.5. The molecule has 6 rings (SSSR count). The molecule has 0 saturated heterocycles. The van der Waals surface area contributed by atoms with Crippen molar-refractivity contribution in [1.29, 1.82) is 5.39 Å². The number of methoxy groups -OCH3 is 1. The fraction of sp³-hybridized carbons (Fsp3) is 0.270. The Morgan fingerprint density at radius 3 is 2.17 bits per heavy atom. The van der Waals surface area contributed by atoms with Gasteiger partial charge in [-0.15, -0.1) is 0 Å². The van der Waals surface area contributed by atoms with Gasteiger partial charge in [-0.2, -0.15) is 4.57 Å². The minimum absolute atomic E-state index is 0. The minimum atomic E-state index is -8.55. The molecule has 0 spiro atoms. The maximum Gasteiger partial charge on any atom is 0.755 e. The van der Waals surface area contributed by atoms with E-state index in [1.54, 1.807) is 24.5 Å². The van der Waals surface area contributed by atoms with Crippen LogP contribution >= 0.6 is 39.8 Å². The van der Waals surface area contributed by atoms with E-state index < -0.39 is 16.7 Å². The van der Waals surface area contributed by atoms with Crippen molar-refractivity contribution in [3.63, 3.8) is 0 Å². The Kier molecular flexibility index (Phi) is 21.1. The summed E-state index contributed by atoms with van der Waals surface area (Å²) in [5.74, 6) is 1.36. The number of nitrogens with zero attached hydrogens (tertiary/aromatic N) is 4. The number of ether oxygens (including phenoxy) is 2. The van der Waals surface area contributed by atoms with Crippen molar-refractivity contribution < 1.29 is 65.9 Å². The number of aromatic nitrogens is 1. The smallest absolute Gasteiger partial charge is 0.755 e. The largest absolute Gasteiger partial charge is 1.00 e. The Balaban J connectivity index is 0.00000110. The third kappa shape index (κ3) is 17.5. The van der Waals surface area contributed by atoms with Crippen LogP contribution in [0.4, 0.5) is 53.9 Å². The van der Waals surface area contributed by atoms with Crippen LogP contribution in [0.3, 0.4) is 0 Å². The molecule has 2 heterocycles.